The van der Waals surface area contributed by atoms with E-state index >= 15 is 0 Å². The van der Waals surface area contributed by atoms with E-state index in [4.69, 9.17) is 13.3 Å². The number of rotatable bonds is 18. The molecule has 1 aromatic rings. The van der Waals surface area contributed by atoms with Gasteiger partial charge in [0.1, 0.15) is 6.54 Å². The highest BCUT2D eigenvalue weighted by atomic mass is 28.4. The molecule has 0 saturated carbocycles. The van der Waals surface area contributed by atoms with Crippen LogP contribution in [0.1, 0.15) is 71.4 Å². The third kappa shape index (κ3) is 11.6. The van der Waals surface area contributed by atoms with Crippen LogP contribution >= 0.6 is 0 Å². The Hall–Kier alpha value is -1.25. The normalized spacial score (nSPS) is 12.2. The Balaban J connectivity index is 2.47. The molecule has 0 aromatic heterocycles. The number of quaternary nitrogens is 1. The molecule has 190 valence electrons. The first kappa shape index (κ1) is 29.8. The van der Waals surface area contributed by atoms with Crippen LogP contribution in [0.4, 0.5) is 0 Å². The molecule has 0 aliphatic carbocycles. The Morgan fingerprint density at radius 2 is 1.36 bits per heavy atom. The third-order valence-corrected chi connectivity index (χ3v) is 9.21. The molecule has 0 spiro atoms. The summed E-state index contributed by atoms with van der Waals surface area (Å²) in [6, 6.07) is 9.60. The van der Waals surface area contributed by atoms with Crippen LogP contribution in [0, 0.1) is 0 Å². The van der Waals surface area contributed by atoms with Gasteiger partial charge in [0.05, 0.1) is 20.6 Å². The average molecular weight is 482 g/mol. The molecule has 0 unspecified atom stereocenters. The van der Waals surface area contributed by atoms with E-state index in [0.717, 1.165) is 55.8 Å². The number of amides is 1. The number of benzene rings is 1. The Morgan fingerprint density at radius 1 is 0.848 bits per heavy atom. The molecule has 0 heterocycles. The molecule has 33 heavy (non-hydrogen) atoms. The van der Waals surface area contributed by atoms with Gasteiger partial charge >= 0.3 is 8.80 Å². The van der Waals surface area contributed by atoms with Gasteiger partial charge < -0.3 is 22.7 Å². The molecule has 0 aliphatic heterocycles. The standard InChI is InChI=1S/C26H49N2O4Si/c1-8-28(6,7)23-26-18-16-25(17-19-26)22-27(24(5)29)20-14-12-13-15-21-33(30-9-2,31-10-3)32-11-4/h16-19H,8-15,20-23H2,1-7H3/q+1. The zero-order chi connectivity index (χ0) is 24.7. The van der Waals surface area contributed by atoms with E-state index in [1.54, 1.807) is 6.92 Å². The van der Waals surface area contributed by atoms with Crippen LogP contribution in [-0.2, 0) is 31.2 Å². The molecule has 0 saturated heterocycles. The second-order valence-corrected chi connectivity index (χ2v) is 12.0. The third-order valence-electron chi connectivity index (χ3n) is 6.06. The van der Waals surface area contributed by atoms with Crippen molar-refractivity contribution < 1.29 is 22.6 Å². The summed E-state index contributed by atoms with van der Waals surface area (Å²) >= 11 is 0. The molecule has 1 rings (SSSR count). The van der Waals surface area contributed by atoms with Crippen molar-refractivity contribution in [3.63, 3.8) is 0 Å². The number of nitrogens with zero attached hydrogens (tertiary/aromatic N) is 2. The quantitative estimate of drug-likeness (QED) is 0.163. The van der Waals surface area contributed by atoms with E-state index in [-0.39, 0.29) is 5.91 Å². The van der Waals surface area contributed by atoms with Crippen LogP contribution in [-0.4, -0.2) is 71.1 Å². The second-order valence-electron chi connectivity index (χ2n) is 9.31. The fourth-order valence-corrected chi connectivity index (χ4v) is 6.61. The first-order chi connectivity index (χ1) is 15.7. The molecular weight excluding hydrogens is 432 g/mol. The molecule has 0 fully saturated rings. The fourth-order valence-electron chi connectivity index (χ4n) is 3.92. The minimum atomic E-state index is -2.53. The maximum absolute atomic E-state index is 12.2. The van der Waals surface area contributed by atoms with Gasteiger partial charge in [-0.15, -0.1) is 0 Å². The topological polar surface area (TPSA) is 48.0 Å². The number of carbonyl (C=O) groups is 1. The van der Waals surface area contributed by atoms with Gasteiger partial charge in [-0.2, -0.15) is 0 Å². The molecule has 1 aromatic carbocycles. The minimum absolute atomic E-state index is 0.137. The summed E-state index contributed by atoms with van der Waals surface area (Å²) in [5.41, 5.74) is 2.53. The Bertz CT molecular complexity index is 650. The monoisotopic (exact) mass is 481 g/mol. The molecular formula is C26H49N2O4Si+. The molecule has 7 heteroatoms. The first-order valence-electron chi connectivity index (χ1n) is 12.8. The Morgan fingerprint density at radius 3 is 1.85 bits per heavy atom. The van der Waals surface area contributed by atoms with Crippen LogP contribution in [0.15, 0.2) is 24.3 Å². The number of unbranched alkanes of at least 4 members (excludes halogenated alkanes) is 3. The highest BCUT2D eigenvalue weighted by Crippen LogP contribution is 2.20. The van der Waals surface area contributed by atoms with Crippen LogP contribution in [0.2, 0.25) is 6.04 Å². The Kier molecular flexibility index (Phi) is 14.1. The number of carbonyl (C=O) groups excluding carboxylic acids is 1. The van der Waals surface area contributed by atoms with Gasteiger partial charge in [-0.25, -0.2) is 0 Å². The van der Waals surface area contributed by atoms with Gasteiger partial charge in [0, 0.05) is 51.4 Å². The summed E-state index contributed by atoms with van der Waals surface area (Å²) in [5.74, 6) is 0.137. The molecule has 6 nitrogen and oxygen atoms in total. The molecule has 0 bridgehead atoms. The minimum Gasteiger partial charge on any atom is -0.374 e. The fraction of sp³-hybridized carbons (Fsp3) is 0.731. The van der Waals surface area contributed by atoms with Gasteiger partial charge in [-0.1, -0.05) is 37.1 Å². The molecule has 0 aliphatic rings. The zero-order valence-corrected chi connectivity index (χ0v) is 23.3. The van der Waals surface area contributed by atoms with E-state index < -0.39 is 8.80 Å². The van der Waals surface area contributed by atoms with Gasteiger partial charge in [0.2, 0.25) is 5.91 Å². The van der Waals surface area contributed by atoms with Crippen LogP contribution in [0.5, 0.6) is 0 Å². The predicted octanol–water partition coefficient (Wildman–Crippen LogP) is 5.24. The van der Waals surface area contributed by atoms with E-state index in [1.807, 2.05) is 25.7 Å². The van der Waals surface area contributed by atoms with E-state index in [2.05, 4.69) is 45.3 Å². The summed E-state index contributed by atoms with van der Waals surface area (Å²) < 4.78 is 18.8. The second kappa shape index (κ2) is 15.6. The van der Waals surface area contributed by atoms with Crippen molar-refractivity contribution in [2.24, 2.45) is 0 Å². The van der Waals surface area contributed by atoms with Crippen LogP contribution in [0.3, 0.4) is 0 Å². The first-order valence-corrected chi connectivity index (χ1v) is 14.7. The van der Waals surface area contributed by atoms with E-state index in [9.17, 15) is 4.79 Å². The van der Waals surface area contributed by atoms with Crippen molar-refractivity contribution in [2.45, 2.75) is 79.4 Å². The highest BCUT2D eigenvalue weighted by molar-refractivity contribution is 6.60. The maximum Gasteiger partial charge on any atom is 0.500 e. The summed E-state index contributed by atoms with van der Waals surface area (Å²) in [5, 5.41) is 0. The SMILES string of the molecule is CCO[Si](CCCCCCN(Cc1ccc(C[N+](C)(C)CC)cc1)C(C)=O)(OCC)OCC. The summed E-state index contributed by atoms with van der Waals surface area (Å²) in [6.45, 7) is 15.3. The summed E-state index contributed by atoms with van der Waals surface area (Å²) in [6.07, 6.45) is 4.21. The van der Waals surface area contributed by atoms with Gasteiger partial charge in [-0.3, -0.25) is 4.79 Å². The summed E-state index contributed by atoms with van der Waals surface area (Å²) in [7, 11) is 1.96. The number of hydrogen-bond donors (Lipinski definition) is 0. The smallest absolute Gasteiger partial charge is 0.374 e. The van der Waals surface area contributed by atoms with Crippen molar-refractivity contribution >= 4 is 14.7 Å². The lowest BCUT2D eigenvalue weighted by Crippen LogP contribution is -2.45. The lowest BCUT2D eigenvalue weighted by molar-refractivity contribution is -0.901. The molecule has 0 radical (unpaired) electrons. The van der Waals surface area contributed by atoms with Crippen molar-refractivity contribution in [1.29, 1.82) is 0 Å². The summed E-state index contributed by atoms with van der Waals surface area (Å²) in [4.78, 5) is 14.1. The van der Waals surface area contributed by atoms with E-state index in [0.29, 0.717) is 26.4 Å². The highest BCUT2D eigenvalue weighted by Gasteiger charge is 2.39. The van der Waals surface area contributed by atoms with Crippen LogP contribution in [0.25, 0.3) is 0 Å². The lowest BCUT2D eigenvalue weighted by Gasteiger charge is -2.28. The molecule has 0 atom stereocenters. The van der Waals surface area contributed by atoms with Crippen molar-refractivity contribution in [2.75, 3.05) is 47.0 Å². The van der Waals surface area contributed by atoms with Gasteiger partial charge in [-0.05, 0) is 46.1 Å². The molecule has 0 N–H and O–H groups in total. The van der Waals surface area contributed by atoms with Crippen molar-refractivity contribution in [3.05, 3.63) is 35.4 Å². The molecule has 1 amide bonds. The van der Waals surface area contributed by atoms with Crippen molar-refractivity contribution in [1.82, 2.24) is 4.90 Å². The van der Waals surface area contributed by atoms with Gasteiger partial charge in [0.15, 0.2) is 0 Å². The predicted molar refractivity (Wildman–Crippen MR) is 138 cm³/mol. The van der Waals surface area contributed by atoms with Crippen molar-refractivity contribution in [3.8, 4) is 0 Å². The van der Waals surface area contributed by atoms with Gasteiger partial charge in [0.25, 0.3) is 0 Å². The van der Waals surface area contributed by atoms with E-state index in [1.165, 1.54) is 11.1 Å². The Labute approximate surface area is 204 Å². The maximum atomic E-state index is 12.2. The largest absolute Gasteiger partial charge is 0.500 e. The number of hydrogen-bond acceptors (Lipinski definition) is 4. The lowest BCUT2D eigenvalue weighted by atomic mass is 10.1. The van der Waals surface area contributed by atoms with Crippen LogP contribution < -0.4 is 0 Å². The zero-order valence-electron chi connectivity index (χ0n) is 22.3. The average Bonchev–Trinajstić information content (AvgIpc) is 2.76.